The number of carbonyl (C=O) groups is 1. The van der Waals surface area contributed by atoms with Crippen LogP contribution in [0.25, 0.3) is 0 Å². The van der Waals surface area contributed by atoms with E-state index in [1.165, 1.54) is 6.92 Å². The third-order valence-corrected chi connectivity index (χ3v) is 1.91. The molecule has 0 saturated heterocycles. The van der Waals surface area contributed by atoms with Gasteiger partial charge in [-0.1, -0.05) is 13.3 Å². The van der Waals surface area contributed by atoms with Crippen LogP contribution >= 0.6 is 0 Å². The number of carboxylic acid groups (broad SMARTS) is 1. The number of hydrogen-bond donors (Lipinski definition) is 3. The number of carboxylic acids is 1. The Morgan fingerprint density at radius 3 is 2.27 bits per heavy atom. The molecule has 66 valence electrons. The Kier molecular flexibility index (Phi) is 3.48. The molecule has 4 heteroatoms. The minimum absolute atomic E-state index is 0.389. The van der Waals surface area contributed by atoms with Crippen molar-refractivity contribution in [3.63, 3.8) is 0 Å². The predicted octanol–water partition coefficient (Wildman–Crippen LogP) is 0.154. The minimum Gasteiger partial charge on any atom is -0.481 e. The molecule has 0 aromatic rings. The summed E-state index contributed by atoms with van der Waals surface area (Å²) in [5.74, 6) is -1.05. The van der Waals surface area contributed by atoms with Crippen molar-refractivity contribution in [2.24, 2.45) is 11.1 Å². The number of aliphatic hydroxyl groups is 1. The van der Waals surface area contributed by atoms with Crippen LogP contribution in [-0.4, -0.2) is 22.4 Å². The van der Waals surface area contributed by atoms with E-state index in [0.717, 1.165) is 0 Å². The van der Waals surface area contributed by atoms with Crippen LogP contribution in [0.1, 0.15) is 26.7 Å². The first-order valence-corrected chi connectivity index (χ1v) is 3.62. The van der Waals surface area contributed by atoms with Crippen LogP contribution in [0.5, 0.6) is 0 Å². The van der Waals surface area contributed by atoms with Gasteiger partial charge in [0.05, 0.1) is 0 Å². The van der Waals surface area contributed by atoms with Crippen molar-refractivity contribution in [3.8, 4) is 0 Å². The molecule has 11 heavy (non-hydrogen) atoms. The van der Waals surface area contributed by atoms with Gasteiger partial charge in [-0.25, -0.2) is 0 Å². The molecular weight excluding hydrogens is 146 g/mol. The summed E-state index contributed by atoms with van der Waals surface area (Å²) in [7, 11) is 0. The van der Waals surface area contributed by atoms with Crippen molar-refractivity contribution in [2.75, 3.05) is 0 Å². The Balaban J connectivity index is 4.38. The maximum atomic E-state index is 10.6. The van der Waals surface area contributed by atoms with Gasteiger partial charge in [-0.05, 0) is 13.3 Å². The molecular formula is C7H15NO3. The topological polar surface area (TPSA) is 83.5 Å². The lowest BCUT2D eigenvalue weighted by Gasteiger charge is -2.26. The SMILES string of the molecule is CCCC(C)(C(=O)O)C(N)O. The summed E-state index contributed by atoms with van der Waals surface area (Å²) in [6.07, 6.45) is -0.211. The molecule has 0 aliphatic rings. The first-order chi connectivity index (χ1) is 4.95. The van der Waals surface area contributed by atoms with Gasteiger partial charge in [0, 0.05) is 0 Å². The highest BCUT2D eigenvalue weighted by Crippen LogP contribution is 2.25. The van der Waals surface area contributed by atoms with Crippen molar-refractivity contribution in [1.29, 1.82) is 0 Å². The second-order valence-corrected chi connectivity index (χ2v) is 2.92. The summed E-state index contributed by atoms with van der Waals surface area (Å²) < 4.78 is 0. The van der Waals surface area contributed by atoms with E-state index < -0.39 is 17.6 Å². The molecule has 0 aliphatic carbocycles. The molecule has 2 atom stereocenters. The molecule has 0 rings (SSSR count). The Morgan fingerprint density at radius 2 is 2.18 bits per heavy atom. The monoisotopic (exact) mass is 161 g/mol. The zero-order chi connectivity index (χ0) is 9.07. The molecule has 4 nitrogen and oxygen atoms in total. The second kappa shape index (κ2) is 3.69. The van der Waals surface area contributed by atoms with E-state index in [0.29, 0.717) is 12.8 Å². The van der Waals surface area contributed by atoms with Gasteiger partial charge in [0.1, 0.15) is 11.6 Å². The maximum Gasteiger partial charge on any atom is 0.313 e. The Morgan fingerprint density at radius 1 is 1.73 bits per heavy atom. The molecule has 2 unspecified atom stereocenters. The lowest BCUT2D eigenvalue weighted by molar-refractivity contribution is -0.155. The summed E-state index contributed by atoms with van der Waals surface area (Å²) in [6.45, 7) is 3.30. The fraction of sp³-hybridized carbons (Fsp3) is 0.857. The Hall–Kier alpha value is -0.610. The summed E-state index contributed by atoms with van der Waals surface area (Å²) in [6, 6.07) is 0. The van der Waals surface area contributed by atoms with Crippen LogP contribution in [0.3, 0.4) is 0 Å². The highest BCUT2D eigenvalue weighted by Gasteiger charge is 2.37. The van der Waals surface area contributed by atoms with Crippen LogP contribution in [0, 0.1) is 5.41 Å². The molecule has 0 spiro atoms. The highest BCUT2D eigenvalue weighted by atomic mass is 16.4. The number of hydrogen-bond acceptors (Lipinski definition) is 3. The normalized spacial score (nSPS) is 18.9. The molecule has 0 bridgehead atoms. The second-order valence-electron chi connectivity index (χ2n) is 2.92. The molecule has 0 heterocycles. The van der Waals surface area contributed by atoms with E-state index in [4.69, 9.17) is 15.9 Å². The van der Waals surface area contributed by atoms with Gasteiger partial charge < -0.3 is 15.9 Å². The van der Waals surface area contributed by atoms with Gasteiger partial charge in [-0.3, -0.25) is 4.79 Å². The highest BCUT2D eigenvalue weighted by molar-refractivity contribution is 5.74. The van der Waals surface area contributed by atoms with Gasteiger partial charge in [-0.15, -0.1) is 0 Å². The van der Waals surface area contributed by atoms with Gasteiger partial charge in [0.25, 0.3) is 0 Å². The van der Waals surface area contributed by atoms with Crippen LogP contribution in [0.2, 0.25) is 0 Å². The van der Waals surface area contributed by atoms with Crippen molar-refractivity contribution < 1.29 is 15.0 Å². The predicted molar refractivity (Wildman–Crippen MR) is 40.8 cm³/mol. The van der Waals surface area contributed by atoms with Crippen LogP contribution in [-0.2, 0) is 4.79 Å². The minimum atomic E-state index is -1.29. The largest absolute Gasteiger partial charge is 0.481 e. The molecule has 0 fully saturated rings. The zero-order valence-corrected chi connectivity index (χ0v) is 6.87. The third-order valence-electron chi connectivity index (χ3n) is 1.91. The summed E-state index contributed by atoms with van der Waals surface area (Å²) >= 11 is 0. The van der Waals surface area contributed by atoms with Crippen molar-refractivity contribution in [3.05, 3.63) is 0 Å². The molecule has 0 aromatic heterocycles. The van der Waals surface area contributed by atoms with Crippen molar-refractivity contribution in [2.45, 2.75) is 32.9 Å². The van der Waals surface area contributed by atoms with Crippen molar-refractivity contribution >= 4 is 5.97 Å². The van der Waals surface area contributed by atoms with E-state index in [9.17, 15) is 4.79 Å². The average Bonchev–Trinajstić information content (AvgIpc) is 1.87. The van der Waals surface area contributed by atoms with E-state index in [1.54, 1.807) is 0 Å². The van der Waals surface area contributed by atoms with E-state index in [1.807, 2.05) is 6.92 Å². The number of nitrogens with two attached hydrogens (primary N) is 1. The van der Waals surface area contributed by atoms with Gasteiger partial charge in [-0.2, -0.15) is 0 Å². The number of aliphatic carboxylic acids is 1. The molecule has 0 aromatic carbocycles. The van der Waals surface area contributed by atoms with Gasteiger partial charge in [0.2, 0.25) is 0 Å². The molecule has 0 radical (unpaired) electrons. The number of aliphatic hydroxyl groups excluding tert-OH is 1. The smallest absolute Gasteiger partial charge is 0.313 e. The van der Waals surface area contributed by atoms with Crippen molar-refractivity contribution in [1.82, 2.24) is 0 Å². The standard InChI is InChI=1S/C7H15NO3/c1-3-4-7(2,5(8)9)6(10)11/h5,9H,3-4,8H2,1-2H3,(H,10,11). The fourth-order valence-electron chi connectivity index (χ4n) is 0.901. The molecule has 0 aliphatic heterocycles. The average molecular weight is 161 g/mol. The lowest BCUT2D eigenvalue weighted by Crippen LogP contribution is -2.45. The van der Waals surface area contributed by atoms with Crippen LogP contribution in [0.15, 0.2) is 0 Å². The quantitative estimate of drug-likeness (QED) is 0.513. The van der Waals surface area contributed by atoms with E-state index in [2.05, 4.69) is 0 Å². The summed E-state index contributed by atoms with van der Waals surface area (Å²) in [4.78, 5) is 10.6. The van der Waals surface area contributed by atoms with Crippen LogP contribution in [0.4, 0.5) is 0 Å². The first-order valence-electron chi connectivity index (χ1n) is 3.62. The lowest BCUT2D eigenvalue weighted by atomic mass is 9.84. The van der Waals surface area contributed by atoms with Crippen LogP contribution < -0.4 is 5.73 Å². The van der Waals surface area contributed by atoms with Gasteiger partial charge in [0.15, 0.2) is 0 Å². The Labute approximate surface area is 66.0 Å². The molecule has 0 saturated carbocycles. The van der Waals surface area contributed by atoms with E-state index in [-0.39, 0.29) is 0 Å². The maximum absolute atomic E-state index is 10.6. The summed E-state index contributed by atoms with van der Waals surface area (Å²) in [5.41, 5.74) is 3.93. The molecule has 4 N–H and O–H groups in total. The molecule has 0 amide bonds. The first kappa shape index (κ1) is 10.4. The van der Waals surface area contributed by atoms with E-state index >= 15 is 0 Å². The third kappa shape index (κ3) is 2.17. The fourth-order valence-corrected chi connectivity index (χ4v) is 0.901. The van der Waals surface area contributed by atoms with Gasteiger partial charge >= 0.3 is 5.97 Å². The Bertz CT molecular complexity index is 147. The number of rotatable bonds is 4. The zero-order valence-electron chi connectivity index (χ0n) is 6.87. The summed E-state index contributed by atoms with van der Waals surface area (Å²) in [5, 5.41) is 17.7.